The van der Waals surface area contributed by atoms with Crippen molar-refractivity contribution < 1.29 is 0 Å². The summed E-state index contributed by atoms with van der Waals surface area (Å²) in [4.78, 5) is 0. The zero-order chi connectivity index (χ0) is 43.2. The van der Waals surface area contributed by atoms with E-state index in [9.17, 15) is 0 Å². The van der Waals surface area contributed by atoms with Crippen LogP contribution in [0.2, 0.25) is 0 Å². The minimum absolute atomic E-state index is 0.195. The van der Waals surface area contributed by atoms with Crippen molar-refractivity contribution in [3.8, 4) is 0 Å². The molecule has 0 bridgehead atoms. The average molecular weight is 872 g/mol. The summed E-state index contributed by atoms with van der Waals surface area (Å²) >= 11 is 8.22. The molecule has 0 spiro atoms. The Hall–Kier alpha value is -3.87. The summed E-state index contributed by atoms with van der Waals surface area (Å²) in [6.45, 7) is 31.4. The van der Waals surface area contributed by atoms with Crippen molar-refractivity contribution in [3.05, 3.63) is 127 Å². The first-order chi connectivity index (χ1) is 29.1. The Kier molecular flexibility index (Phi) is 11.4. The lowest BCUT2D eigenvalue weighted by Crippen LogP contribution is -2.54. The molecule has 0 radical (unpaired) electrons. The Morgan fingerprint density at radius 1 is 0.377 bits per heavy atom. The molecule has 0 aliphatic heterocycles. The largest absolute Gasteiger partial charge is 0.337 e. The summed E-state index contributed by atoms with van der Waals surface area (Å²) in [6.07, 6.45) is 5.01. The van der Waals surface area contributed by atoms with Crippen LogP contribution >= 0.6 is 45.3 Å². The lowest BCUT2D eigenvalue weighted by molar-refractivity contribution is 0.604. The number of hydrogen-bond acceptors (Lipinski definition) is 4. The molecule has 1 nitrogen and oxygen atoms in total. The van der Waals surface area contributed by atoms with Gasteiger partial charge in [-0.05, 0) is 111 Å². The Morgan fingerprint density at radius 2 is 0.689 bits per heavy atom. The number of fused-ring (bicyclic) bond motifs is 7. The Bertz CT molecular complexity index is 2770. The van der Waals surface area contributed by atoms with Crippen molar-refractivity contribution in [2.24, 2.45) is 0 Å². The molecule has 0 aliphatic rings. The second kappa shape index (κ2) is 16.4. The molecule has 0 N–H and O–H groups in total. The van der Waals surface area contributed by atoms with E-state index < -0.39 is 0 Å². The minimum atomic E-state index is 0.195. The zero-order valence-corrected chi connectivity index (χ0v) is 41.8. The molecule has 9 rings (SSSR count). The number of aryl methyl sites for hydroxylation is 13. The van der Waals surface area contributed by atoms with Crippen molar-refractivity contribution >= 4 is 129 Å². The summed E-state index contributed by atoms with van der Waals surface area (Å²) < 4.78 is 14.5. The van der Waals surface area contributed by atoms with Gasteiger partial charge in [-0.25, -0.2) is 0 Å². The van der Waals surface area contributed by atoms with Gasteiger partial charge in [0, 0.05) is 15.9 Å². The molecule has 310 valence electrons. The van der Waals surface area contributed by atoms with Crippen LogP contribution in [0.4, 0.5) is 0 Å². The van der Waals surface area contributed by atoms with E-state index in [0.29, 0.717) is 0 Å². The molecular weight excluding hydrogens is 812 g/mol. The molecule has 0 saturated heterocycles. The monoisotopic (exact) mass is 871 g/mol. The number of benzene rings is 4. The summed E-state index contributed by atoms with van der Waals surface area (Å²) in [5.41, 5.74) is 25.4. The van der Waals surface area contributed by atoms with Crippen LogP contribution in [0, 0.1) is 83.1 Å². The quantitative estimate of drug-likeness (QED) is 0.0901. The van der Waals surface area contributed by atoms with E-state index in [2.05, 4.69) is 178 Å². The molecule has 0 saturated carbocycles. The van der Waals surface area contributed by atoms with Gasteiger partial charge in [-0.15, -0.1) is 45.3 Å². The highest BCUT2D eigenvalue weighted by Gasteiger charge is 2.34. The van der Waals surface area contributed by atoms with Crippen molar-refractivity contribution in [1.82, 2.24) is 4.57 Å². The topological polar surface area (TPSA) is 4.93 Å². The maximum Gasteiger partial charge on any atom is 0.255 e. The SMILES string of the molecule is CCCCCCn1c2c3sc(B(c4c(C)cc(C)cc4C)c4c(C)cc(C)cc4C)cc3sc2c2sc3cc(B(c4c(C)cc(C)cc4C)c4c(C)cc(C)cc4C)sc3c21. The highest BCUT2D eigenvalue weighted by atomic mass is 32.1. The second-order valence-electron chi connectivity index (χ2n) is 18.6. The molecular formula is C54H59B2NS4. The van der Waals surface area contributed by atoms with Crippen LogP contribution in [0.5, 0.6) is 0 Å². The molecule has 7 heteroatoms. The summed E-state index contributed by atoms with van der Waals surface area (Å²) in [5, 5.41) is 0. The van der Waals surface area contributed by atoms with Crippen LogP contribution in [0.15, 0.2) is 60.7 Å². The third-order valence-electron chi connectivity index (χ3n) is 13.4. The molecule has 0 unspecified atom stereocenters. The number of unbranched alkanes of at least 4 members (excludes halogenated alkanes) is 3. The Balaban J connectivity index is 1.28. The number of hydrogen-bond donors (Lipinski definition) is 0. The number of nitrogens with zero attached hydrogens (tertiary/aromatic N) is 1. The van der Waals surface area contributed by atoms with Gasteiger partial charge in [-0.1, -0.05) is 163 Å². The van der Waals surface area contributed by atoms with E-state index in [0.717, 1.165) is 6.54 Å². The van der Waals surface area contributed by atoms with Crippen molar-refractivity contribution in [1.29, 1.82) is 0 Å². The first kappa shape index (κ1) is 42.4. The molecule has 9 aromatic rings. The van der Waals surface area contributed by atoms with Crippen LogP contribution < -0.4 is 31.4 Å². The summed E-state index contributed by atoms with van der Waals surface area (Å²) in [7, 11) is 0. The fourth-order valence-corrected chi connectivity index (χ4v) is 17.0. The molecule has 61 heavy (non-hydrogen) atoms. The van der Waals surface area contributed by atoms with Crippen LogP contribution in [-0.4, -0.2) is 18.0 Å². The normalized spacial score (nSPS) is 12.0. The van der Waals surface area contributed by atoms with Gasteiger partial charge in [-0.2, -0.15) is 0 Å². The van der Waals surface area contributed by atoms with Gasteiger partial charge >= 0.3 is 0 Å². The molecule has 0 aliphatic carbocycles. The number of rotatable bonds is 11. The standard InChI is InChI=1S/C54H59B2NS4/c1-14-15-16-17-18-57-49-51-41(27-43(60-51)55(45-33(6)19-29(2)20-34(45)7)46-35(8)21-30(3)22-36(46)9)58-53(49)54-50(57)52-42(59-54)28-44(61-52)56(47-37(10)23-31(4)24-38(47)11)48-39(12)25-32(5)26-40(48)13/h19-28H,14-18H2,1-13H3. The van der Waals surface area contributed by atoms with E-state index in [1.54, 1.807) is 0 Å². The van der Waals surface area contributed by atoms with E-state index in [-0.39, 0.29) is 13.4 Å². The maximum atomic E-state index is 2.79. The van der Waals surface area contributed by atoms with Gasteiger partial charge in [0.2, 0.25) is 0 Å². The van der Waals surface area contributed by atoms with Gasteiger partial charge in [-0.3, -0.25) is 0 Å². The predicted octanol–water partition coefficient (Wildman–Crippen LogP) is 12.7. The molecule has 4 aromatic carbocycles. The smallest absolute Gasteiger partial charge is 0.255 e. The first-order valence-electron chi connectivity index (χ1n) is 22.4. The first-order valence-corrected chi connectivity index (χ1v) is 25.6. The fraction of sp³-hybridized carbons (Fsp3) is 0.333. The zero-order valence-electron chi connectivity index (χ0n) is 38.5. The lowest BCUT2D eigenvalue weighted by Gasteiger charge is -2.23. The van der Waals surface area contributed by atoms with E-state index in [1.807, 2.05) is 22.7 Å². The van der Waals surface area contributed by atoms with E-state index >= 15 is 0 Å². The van der Waals surface area contributed by atoms with Gasteiger partial charge in [0.1, 0.15) is 0 Å². The van der Waals surface area contributed by atoms with Gasteiger partial charge in [0.05, 0.1) is 29.8 Å². The van der Waals surface area contributed by atoms with Crippen molar-refractivity contribution in [3.63, 3.8) is 0 Å². The van der Waals surface area contributed by atoms with Crippen LogP contribution in [0.1, 0.15) is 99.4 Å². The molecule has 5 heterocycles. The molecule has 0 fully saturated rings. The maximum absolute atomic E-state index is 2.79. The highest BCUT2D eigenvalue weighted by Crippen LogP contribution is 2.49. The number of thiophene rings is 4. The average Bonchev–Trinajstić information content (AvgIpc) is 3.95. The van der Waals surface area contributed by atoms with Crippen LogP contribution in [0.25, 0.3) is 39.2 Å². The predicted molar refractivity (Wildman–Crippen MR) is 282 cm³/mol. The Labute approximate surface area is 381 Å². The van der Waals surface area contributed by atoms with E-state index in [1.165, 1.54) is 163 Å². The summed E-state index contributed by atoms with van der Waals surface area (Å²) in [5.74, 6) is 0. The molecule has 0 atom stereocenters. The molecule has 5 aromatic heterocycles. The van der Waals surface area contributed by atoms with Crippen molar-refractivity contribution in [2.75, 3.05) is 0 Å². The second-order valence-corrected chi connectivity index (χ2v) is 22.8. The minimum Gasteiger partial charge on any atom is -0.337 e. The van der Waals surface area contributed by atoms with E-state index in [4.69, 9.17) is 0 Å². The third-order valence-corrected chi connectivity index (χ3v) is 18.5. The summed E-state index contributed by atoms with van der Waals surface area (Å²) in [6, 6.07) is 24.3. The van der Waals surface area contributed by atoms with Gasteiger partial charge in [0.15, 0.2) is 0 Å². The third kappa shape index (κ3) is 7.30. The number of aromatic nitrogens is 1. The van der Waals surface area contributed by atoms with Crippen LogP contribution in [0.3, 0.4) is 0 Å². The van der Waals surface area contributed by atoms with Gasteiger partial charge in [0.25, 0.3) is 13.4 Å². The lowest BCUT2D eigenvalue weighted by atomic mass is 9.37. The van der Waals surface area contributed by atoms with Crippen LogP contribution in [-0.2, 0) is 6.54 Å². The molecule has 0 amide bonds. The van der Waals surface area contributed by atoms with Gasteiger partial charge < -0.3 is 4.57 Å². The Morgan fingerprint density at radius 3 is 0.984 bits per heavy atom. The van der Waals surface area contributed by atoms with Crippen molar-refractivity contribution in [2.45, 2.75) is 122 Å². The highest BCUT2D eigenvalue weighted by molar-refractivity contribution is 7.42. The fourth-order valence-electron chi connectivity index (χ4n) is 11.3.